The summed E-state index contributed by atoms with van der Waals surface area (Å²) < 4.78 is 25.0. The van der Waals surface area contributed by atoms with Crippen molar-refractivity contribution in [2.24, 2.45) is 0 Å². The molecule has 0 saturated heterocycles. The molecule has 0 spiro atoms. The maximum absolute atomic E-state index is 13.8. The molecule has 0 heterocycles. The lowest BCUT2D eigenvalue weighted by Gasteiger charge is -2.16. The molecule has 0 aliphatic carbocycles. The van der Waals surface area contributed by atoms with E-state index in [-0.39, 0.29) is 12.4 Å². The lowest BCUT2D eigenvalue weighted by Crippen LogP contribution is -2.13. The van der Waals surface area contributed by atoms with Gasteiger partial charge in [0.15, 0.2) is 11.5 Å². The molecule has 0 aromatic heterocycles. The molecule has 0 amide bonds. The van der Waals surface area contributed by atoms with E-state index in [1.165, 1.54) is 6.07 Å². The van der Waals surface area contributed by atoms with Crippen molar-refractivity contribution in [2.75, 3.05) is 13.7 Å². The zero-order valence-electron chi connectivity index (χ0n) is 12.7. The summed E-state index contributed by atoms with van der Waals surface area (Å²) in [6.07, 6.45) is 0. The Morgan fingerprint density at radius 2 is 1.95 bits per heavy atom. The van der Waals surface area contributed by atoms with Crippen LogP contribution in [-0.2, 0) is 13.2 Å². The highest BCUT2D eigenvalue weighted by Crippen LogP contribution is 2.32. The van der Waals surface area contributed by atoms with Gasteiger partial charge in [0.2, 0.25) is 0 Å². The predicted molar refractivity (Wildman–Crippen MR) is 86.1 cm³/mol. The Kier molecular flexibility index (Phi) is 6.04. The van der Waals surface area contributed by atoms with Gasteiger partial charge in [-0.1, -0.05) is 36.7 Å². The second-order valence-corrected chi connectivity index (χ2v) is 5.12. The van der Waals surface area contributed by atoms with Gasteiger partial charge in [-0.05, 0) is 24.7 Å². The summed E-state index contributed by atoms with van der Waals surface area (Å²) in [7, 11) is 1.58. The molecule has 2 aromatic rings. The van der Waals surface area contributed by atoms with Gasteiger partial charge >= 0.3 is 0 Å². The van der Waals surface area contributed by atoms with Crippen molar-refractivity contribution in [1.29, 1.82) is 0 Å². The van der Waals surface area contributed by atoms with Crippen LogP contribution in [0.1, 0.15) is 18.1 Å². The van der Waals surface area contributed by atoms with Crippen LogP contribution in [0.2, 0.25) is 5.02 Å². The Hall–Kier alpha value is -1.78. The summed E-state index contributed by atoms with van der Waals surface area (Å²) in [6.45, 7) is 3.56. The van der Waals surface area contributed by atoms with Crippen molar-refractivity contribution >= 4 is 11.6 Å². The number of nitrogens with one attached hydrogen (secondary N) is 1. The number of para-hydroxylation sites is 1. The van der Waals surface area contributed by atoms with Gasteiger partial charge in [0.1, 0.15) is 12.4 Å². The molecule has 0 aliphatic rings. The van der Waals surface area contributed by atoms with E-state index in [1.807, 2.05) is 25.1 Å². The molecule has 2 aromatic carbocycles. The minimum Gasteiger partial charge on any atom is -0.493 e. The normalized spacial score (nSPS) is 10.5. The Morgan fingerprint density at radius 1 is 1.18 bits per heavy atom. The van der Waals surface area contributed by atoms with Gasteiger partial charge in [-0.15, -0.1) is 0 Å². The van der Waals surface area contributed by atoms with Gasteiger partial charge in [0.25, 0.3) is 0 Å². The Morgan fingerprint density at radius 3 is 2.64 bits per heavy atom. The molecule has 0 atom stereocenters. The van der Waals surface area contributed by atoms with Crippen LogP contribution >= 0.6 is 11.6 Å². The second-order valence-electron chi connectivity index (χ2n) is 4.72. The summed E-state index contributed by atoms with van der Waals surface area (Å²) >= 11 is 6.03. The predicted octanol–water partition coefficient (Wildman–Crippen LogP) is 4.18. The molecule has 0 bridgehead atoms. The van der Waals surface area contributed by atoms with Crippen molar-refractivity contribution in [3.8, 4) is 11.5 Å². The smallest absolute Gasteiger partial charge is 0.166 e. The molecule has 2 rings (SSSR count). The largest absolute Gasteiger partial charge is 0.493 e. The highest BCUT2D eigenvalue weighted by Gasteiger charge is 2.13. The van der Waals surface area contributed by atoms with E-state index in [1.54, 1.807) is 19.2 Å². The molecular formula is C17H19ClFNO2. The highest BCUT2D eigenvalue weighted by atomic mass is 35.5. The number of ether oxygens (including phenoxy) is 2. The second kappa shape index (κ2) is 8.01. The van der Waals surface area contributed by atoms with E-state index < -0.39 is 0 Å². The van der Waals surface area contributed by atoms with Crippen molar-refractivity contribution < 1.29 is 13.9 Å². The zero-order chi connectivity index (χ0) is 15.9. The zero-order valence-corrected chi connectivity index (χ0v) is 13.4. The number of hydrogen-bond donors (Lipinski definition) is 1. The van der Waals surface area contributed by atoms with Crippen LogP contribution in [0, 0.1) is 5.82 Å². The summed E-state index contributed by atoms with van der Waals surface area (Å²) in [5.74, 6) is 0.837. The maximum Gasteiger partial charge on any atom is 0.166 e. The van der Waals surface area contributed by atoms with Crippen LogP contribution in [0.15, 0.2) is 36.4 Å². The number of halogens is 2. The van der Waals surface area contributed by atoms with Crippen LogP contribution in [0.25, 0.3) is 0 Å². The van der Waals surface area contributed by atoms with Crippen LogP contribution < -0.4 is 14.8 Å². The topological polar surface area (TPSA) is 30.5 Å². The first-order chi connectivity index (χ1) is 10.7. The van der Waals surface area contributed by atoms with E-state index in [4.69, 9.17) is 21.1 Å². The molecular weight excluding hydrogens is 305 g/mol. The number of methoxy groups -OCH3 is 1. The van der Waals surface area contributed by atoms with Gasteiger partial charge in [-0.25, -0.2) is 4.39 Å². The van der Waals surface area contributed by atoms with Crippen molar-refractivity contribution in [3.63, 3.8) is 0 Å². The summed E-state index contributed by atoms with van der Waals surface area (Å²) in [4.78, 5) is 0. The molecule has 0 aliphatic heterocycles. The van der Waals surface area contributed by atoms with Gasteiger partial charge < -0.3 is 14.8 Å². The van der Waals surface area contributed by atoms with Crippen molar-refractivity contribution in [1.82, 2.24) is 5.32 Å². The summed E-state index contributed by atoms with van der Waals surface area (Å²) in [5, 5.41) is 3.59. The van der Waals surface area contributed by atoms with E-state index in [2.05, 4.69) is 5.32 Å². The molecule has 1 N–H and O–H groups in total. The molecule has 5 heteroatoms. The number of benzene rings is 2. The fourth-order valence-corrected chi connectivity index (χ4v) is 2.32. The van der Waals surface area contributed by atoms with Gasteiger partial charge in [-0.2, -0.15) is 0 Å². The van der Waals surface area contributed by atoms with Crippen molar-refractivity contribution in [2.45, 2.75) is 20.1 Å². The average molecular weight is 324 g/mol. The fraction of sp³-hybridized carbons (Fsp3) is 0.294. The molecule has 0 saturated carbocycles. The molecule has 0 unspecified atom stereocenters. The first-order valence-electron chi connectivity index (χ1n) is 7.09. The third kappa shape index (κ3) is 3.90. The number of hydrogen-bond acceptors (Lipinski definition) is 3. The van der Waals surface area contributed by atoms with E-state index in [9.17, 15) is 4.39 Å². The average Bonchev–Trinajstić information content (AvgIpc) is 2.52. The summed E-state index contributed by atoms with van der Waals surface area (Å²) in [6, 6.07) is 10.2. The Bertz CT molecular complexity index is 614. The molecule has 3 nitrogen and oxygen atoms in total. The third-order valence-electron chi connectivity index (χ3n) is 3.27. The lowest BCUT2D eigenvalue weighted by molar-refractivity contribution is 0.276. The highest BCUT2D eigenvalue weighted by molar-refractivity contribution is 6.31. The molecule has 118 valence electrons. The molecule has 0 radical (unpaired) electrons. The van der Waals surface area contributed by atoms with Crippen molar-refractivity contribution in [3.05, 3.63) is 58.4 Å². The quantitative estimate of drug-likeness (QED) is 0.829. The van der Waals surface area contributed by atoms with Gasteiger partial charge in [0.05, 0.1) is 12.1 Å². The Balaban J connectivity index is 2.24. The van der Waals surface area contributed by atoms with Crippen LogP contribution in [-0.4, -0.2) is 13.7 Å². The Labute approximate surface area is 135 Å². The monoisotopic (exact) mass is 323 g/mol. The number of rotatable bonds is 7. The van der Waals surface area contributed by atoms with E-state index >= 15 is 0 Å². The van der Waals surface area contributed by atoms with Gasteiger partial charge in [-0.3, -0.25) is 0 Å². The standard InChI is InChI=1S/C17H19ClFNO2/c1-3-20-10-12-6-4-9-16(21-2)17(12)22-11-13-14(18)7-5-8-15(13)19/h4-9,20H,3,10-11H2,1-2H3. The van der Waals surface area contributed by atoms with Crippen LogP contribution in [0.4, 0.5) is 4.39 Å². The van der Waals surface area contributed by atoms with Gasteiger partial charge in [0, 0.05) is 17.7 Å². The minimum absolute atomic E-state index is 0.0466. The summed E-state index contributed by atoms with van der Waals surface area (Å²) in [5.41, 5.74) is 1.29. The van der Waals surface area contributed by atoms with E-state index in [0.717, 1.165) is 12.1 Å². The first kappa shape index (κ1) is 16.6. The lowest BCUT2D eigenvalue weighted by atomic mass is 10.1. The first-order valence-corrected chi connectivity index (χ1v) is 7.47. The third-order valence-corrected chi connectivity index (χ3v) is 3.62. The maximum atomic E-state index is 13.8. The van der Waals surface area contributed by atoms with Crippen LogP contribution in [0.5, 0.6) is 11.5 Å². The van der Waals surface area contributed by atoms with E-state index in [0.29, 0.717) is 28.6 Å². The molecule has 22 heavy (non-hydrogen) atoms. The van der Waals surface area contributed by atoms with Crippen LogP contribution in [0.3, 0.4) is 0 Å². The SMILES string of the molecule is CCNCc1cccc(OC)c1OCc1c(F)cccc1Cl. The molecule has 0 fully saturated rings. The fourth-order valence-electron chi connectivity index (χ4n) is 2.10. The minimum atomic E-state index is -0.379.